The van der Waals surface area contributed by atoms with Crippen LogP contribution in [0.3, 0.4) is 0 Å². The molecule has 6 nitrogen and oxygen atoms in total. The Hall–Kier alpha value is -2.28. The van der Waals surface area contributed by atoms with Crippen LogP contribution in [0.4, 0.5) is 4.79 Å². The summed E-state index contributed by atoms with van der Waals surface area (Å²) in [4.78, 5) is 31.0. The van der Waals surface area contributed by atoms with Gasteiger partial charge in [0.25, 0.3) is 0 Å². The molecule has 8 heteroatoms. The van der Waals surface area contributed by atoms with Crippen LogP contribution in [0.5, 0.6) is 0 Å². The minimum absolute atomic E-state index is 0.0461. The van der Waals surface area contributed by atoms with Crippen molar-refractivity contribution in [2.45, 2.75) is 51.2 Å². The number of piperazine rings is 1. The van der Waals surface area contributed by atoms with Gasteiger partial charge >= 0.3 is 6.03 Å². The number of hydrogen-bond acceptors (Lipinski definition) is 3. The molecule has 2 heterocycles. The molecule has 2 saturated heterocycles. The van der Waals surface area contributed by atoms with Crippen molar-refractivity contribution in [2.75, 3.05) is 26.2 Å². The minimum atomic E-state index is -0.371. The van der Waals surface area contributed by atoms with E-state index in [1.165, 1.54) is 0 Å². The van der Waals surface area contributed by atoms with E-state index in [-0.39, 0.29) is 30.1 Å². The molecule has 0 aliphatic carbocycles. The highest BCUT2D eigenvalue weighted by Crippen LogP contribution is 2.34. The first-order chi connectivity index (χ1) is 16.7. The van der Waals surface area contributed by atoms with Gasteiger partial charge in [0, 0.05) is 54.7 Å². The Morgan fingerprint density at radius 2 is 1.34 bits per heavy atom. The molecule has 35 heavy (non-hydrogen) atoms. The molecular weight excluding hydrogens is 483 g/mol. The zero-order chi connectivity index (χ0) is 25.1. The second kappa shape index (κ2) is 11.2. The summed E-state index contributed by atoms with van der Waals surface area (Å²) in [7, 11) is 0. The number of primary amides is 1. The highest BCUT2D eigenvalue weighted by Gasteiger charge is 2.37. The summed E-state index contributed by atoms with van der Waals surface area (Å²) in [6.45, 7) is 7.08. The second-order valence-electron chi connectivity index (χ2n) is 9.93. The zero-order valence-electron chi connectivity index (χ0n) is 20.4. The van der Waals surface area contributed by atoms with Crippen LogP contribution < -0.4 is 5.73 Å². The van der Waals surface area contributed by atoms with Crippen LogP contribution in [0.2, 0.25) is 10.0 Å². The van der Waals surface area contributed by atoms with Crippen LogP contribution in [0.1, 0.15) is 50.3 Å². The average molecular weight is 518 g/mol. The second-order valence-corrected chi connectivity index (χ2v) is 10.8. The van der Waals surface area contributed by atoms with Gasteiger partial charge in [-0.05, 0) is 68.0 Å². The maximum atomic E-state index is 13.4. The quantitative estimate of drug-likeness (QED) is 0.594. The number of carbonyl (C=O) groups is 2. The summed E-state index contributed by atoms with van der Waals surface area (Å²) in [5.74, 6) is 0.503. The van der Waals surface area contributed by atoms with Crippen molar-refractivity contribution in [3.05, 3.63) is 69.7 Å². The van der Waals surface area contributed by atoms with Crippen LogP contribution in [-0.4, -0.2) is 64.9 Å². The number of urea groups is 1. The van der Waals surface area contributed by atoms with Gasteiger partial charge in [-0.2, -0.15) is 0 Å². The van der Waals surface area contributed by atoms with Gasteiger partial charge in [0.05, 0.1) is 6.04 Å². The Morgan fingerprint density at radius 3 is 1.77 bits per heavy atom. The van der Waals surface area contributed by atoms with Crippen LogP contribution in [0.15, 0.2) is 48.5 Å². The predicted octanol–water partition coefficient (Wildman–Crippen LogP) is 5.18. The Balaban J connectivity index is 1.47. The molecule has 2 aliphatic rings. The molecule has 188 valence electrons. The lowest BCUT2D eigenvalue weighted by Gasteiger charge is -2.48. The van der Waals surface area contributed by atoms with Crippen LogP contribution in [0, 0.1) is 5.92 Å². The van der Waals surface area contributed by atoms with Gasteiger partial charge in [0.1, 0.15) is 0 Å². The van der Waals surface area contributed by atoms with Gasteiger partial charge in [0.2, 0.25) is 5.91 Å². The van der Waals surface area contributed by atoms with Crippen LogP contribution >= 0.6 is 23.2 Å². The molecule has 0 spiro atoms. The largest absolute Gasteiger partial charge is 0.351 e. The first-order valence-electron chi connectivity index (χ1n) is 12.3. The normalized spacial score (nSPS) is 22.0. The Morgan fingerprint density at radius 1 is 0.886 bits per heavy atom. The zero-order valence-corrected chi connectivity index (χ0v) is 21.9. The molecule has 0 aromatic heterocycles. The van der Waals surface area contributed by atoms with Crippen molar-refractivity contribution in [3.8, 4) is 0 Å². The van der Waals surface area contributed by atoms with Gasteiger partial charge in [0.15, 0.2) is 0 Å². The van der Waals surface area contributed by atoms with Crippen molar-refractivity contribution in [3.63, 3.8) is 0 Å². The van der Waals surface area contributed by atoms with Gasteiger partial charge in [-0.1, -0.05) is 47.5 Å². The third-order valence-corrected chi connectivity index (χ3v) is 7.87. The summed E-state index contributed by atoms with van der Waals surface area (Å²) >= 11 is 12.3. The fourth-order valence-electron chi connectivity index (χ4n) is 5.68. The van der Waals surface area contributed by atoms with Crippen LogP contribution in [0.25, 0.3) is 0 Å². The standard InChI is InChI=1S/C27H34Cl2N4O2/c1-18-16-32(26(21-3-7-23(28)8-4-21)22-5-9-24(29)10-6-22)17-19(2)33(18)25(34)15-20-11-13-31(14-12-20)27(30)35/h3-10,18-20,26H,11-17H2,1-2H3,(H2,30,35)/t18-,19+. The summed E-state index contributed by atoms with van der Waals surface area (Å²) in [6, 6.07) is 15.9. The molecule has 2 aliphatic heterocycles. The summed E-state index contributed by atoms with van der Waals surface area (Å²) in [5.41, 5.74) is 7.73. The average Bonchev–Trinajstić information content (AvgIpc) is 2.81. The summed E-state index contributed by atoms with van der Waals surface area (Å²) in [6.07, 6.45) is 2.18. The van der Waals surface area contributed by atoms with Crippen molar-refractivity contribution < 1.29 is 9.59 Å². The molecule has 0 unspecified atom stereocenters. The SMILES string of the molecule is C[C@@H]1CN(C(c2ccc(Cl)cc2)c2ccc(Cl)cc2)C[C@H](C)N1C(=O)CC1CCN(C(N)=O)CC1. The number of likely N-dealkylation sites (tertiary alicyclic amines) is 1. The third kappa shape index (κ3) is 6.11. The van der Waals surface area contributed by atoms with Crippen molar-refractivity contribution in [2.24, 2.45) is 11.7 Å². The summed E-state index contributed by atoms with van der Waals surface area (Å²) < 4.78 is 0. The number of piperidine rings is 1. The molecule has 0 bridgehead atoms. The highest BCUT2D eigenvalue weighted by atomic mass is 35.5. The van der Waals surface area contributed by atoms with E-state index in [1.54, 1.807) is 4.90 Å². The van der Waals surface area contributed by atoms with E-state index in [9.17, 15) is 9.59 Å². The molecular formula is C27H34Cl2N4O2. The first kappa shape index (κ1) is 25.8. The van der Waals surface area contributed by atoms with E-state index in [1.807, 2.05) is 24.3 Å². The number of nitrogens with two attached hydrogens (primary N) is 1. The van der Waals surface area contributed by atoms with E-state index >= 15 is 0 Å². The van der Waals surface area contributed by atoms with E-state index in [0.29, 0.717) is 35.5 Å². The maximum Gasteiger partial charge on any atom is 0.314 e. The van der Waals surface area contributed by atoms with Crippen molar-refractivity contribution >= 4 is 35.1 Å². The fraction of sp³-hybridized carbons (Fsp3) is 0.481. The number of amides is 3. The first-order valence-corrected chi connectivity index (χ1v) is 13.1. The molecule has 0 radical (unpaired) electrons. The molecule has 3 amide bonds. The van der Waals surface area contributed by atoms with E-state index in [2.05, 4.69) is 47.9 Å². The Bertz CT molecular complexity index is 965. The minimum Gasteiger partial charge on any atom is -0.351 e. The fourth-order valence-corrected chi connectivity index (χ4v) is 5.93. The van der Waals surface area contributed by atoms with E-state index in [0.717, 1.165) is 37.1 Å². The lowest BCUT2D eigenvalue weighted by Crippen LogP contribution is -2.59. The van der Waals surface area contributed by atoms with E-state index in [4.69, 9.17) is 28.9 Å². The van der Waals surface area contributed by atoms with Gasteiger partial charge in [-0.15, -0.1) is 0 Å². The lowest BCUT2D eigenvalue weighted by molar-refractivity contribution is -0.140. The summed E-state index contributed by atoms with van der Waals surface area (Å²) in [5, 5.41) is 1.42. The molecule has 2 aromatic carbocycles. The highest BCUT2D eigenvalue weighted by molar-refractivity contribution is 6.30. The third-order valence-electron chi connectivity index (χ3n) is 7.36. The van der Waals surface area contributed by atoms with E-state index < -0.39 is 0 Å². The number of benzene rings is 2. The number of nitrogens with zero attached hydrogens (tertiary/aromatic N) is 3. The molecule has 0 saturated carbocycles. The number of hydrogen-bond donors (Lipinski definition) is 1. The number of halogens is 2. The monoisotopic (exact) mass is 516 g/mol. The lowest BCUT2D eigenvalue weighted by atomic mass is 9.91. The predicted molar refractivity (Wildman–Crippen MR) is 141 cm³/mol. The Labute approximate surface area is 217 Å². The molecule has 2 aromatic rings. The van der Waals surface area contributed by atoms with Gasteiger partial charge < -0.3 is 15.5 Å². The number of rotatable bonds is 5. The van der Waals surface area contributed by atoms with Crippen molar-refractivity contribution in [1.29, 1.82) is 0 Å². The molecule has 2 fully saturated rings. The topological polar surface area (TPSA) is 69.9 Å². The smallest absolute Gasteiger partial charge is 0.314 e. The van der Waals surface area contributed by atoms with Crippen molar-refractivity contribution in [1.82, 2.24) is 14.7 Å². The number of carbonyl (C=O) groups excluding carboxylic acids is 2. The van der Waals surface area contributed by atoms with Crippen LogP contribution in [-0.2, 0) is 4.79 Å². The van der Waals surface area contributed by atoms with Gasteiger partial charge in [-0.3, -0.25) is 9.69 Å². The molecule has 2 N–H and O–H groups in total. The maximum absolute atomic E-state index is 13.4. The Kier molecular flexibility index (Phi) is 8.25. The van der Waals surface area contributed by atoms with Gasteiger partial charge in [-0.25, -0.2) is 4.79 Å². The molecule has 2 atom stereocenters. The molecule has 4 rings (SSSR count).